The minimum Gasteiger partial charge on any atom is -0.310 e. The largest absolute Gasteiger partial charge is 0.310 e. The van der Waals surface area contributed by atoms with E-state index in [2.05, 4.69) is 39.8 Å². The van der Waals surface area contributed by atoms with Crippen LogP contribution in [0.4, 0.5) is 0 Å². The van der Waals surface area contributed by atoms with Crippen LogP contribution in [0.25, 0.3) is 0 Å². The van der Waals surface area contributed by atoms with Gasteiger partial charge in [0, 0.05) is 23.6 Å². The molecule has 2 N–H and O–H groups in total. The van der Waals surface area contributed by atoms with Crippen LogP contribution in [-0.2, 0) is 16.6 Å². The predicted octanol–water partition coefficient (Wildman–Crippen LogP) is 2.88. The second-order valence-corrected chi connectivity index (χ2v) is 8.14. The molecule has 0 aromatic heterocycles. The van der Waals surface area contributed by atoms with E-state index in [0.29, 0.717) is 17.1 Å². The van der Waals surface area contributed by atoms with Crippen LogP contribution in [0.2, 0.25) is 0 Å². The summed E-state index contributed by atoms with van der Waals surface area (Å²) in [6.07, 6.45) is 0. The summed E-state index contributed by atoms with van der Waals surface area (Å²) in [5, 5.41) is 3.30. The Kier molecular flexibility index (Phi) is 6.64. The molecule has 0 atom stereocenters. The van der Waals surface area contributed by atoms with Crippen LogP contribution in [0.1, 0.15) is 33.3 Å². The number of hydrogen-bond donors (Lipinski definition) is 2. The van der Waals surface area contributed by atoms with Gasteiger partial charge in [-0.05, 0) is 39.5 Å². The van der Waals surface area contributed by atoms with E-state index in [1.807, 2.05) is 26.0 Å². The quantitative estimate of drug-likeness (QED) is 0.783. The van der Waals surface area contributed by atoms with Crippen molar-refractivity contribution >= 4 is 26.0 Å². The zero-order valence-corrected chi connectivity index (χ0v) is 14.8. The van der Waals surface area contributed by atoms with Crippen LogP contribution in [0.5, 0.6) is 0 Å². The first-order valence-electron chi connectivity index (χ1n) is 6.74. The van der Waals surface area contributed by atoms with E-state index >= 15 is 0 Å². The standard InChI is InChI=1S/C14H23BrN2O2S/c1-10(2)8-17-20(18,19)14-6-5-12(7-13(14)15)9-16-11(3)4/h5-7,10-11,16-17H,8-9H2,1-4H3. The predicted molar refractivity (Wildman–Crippen MR) is 86.1 cm³/mol. The van der Waals surface area contributed by atoms with Crippen molar-refractivity contribution in [3.05, 3.63) is 28.2 Å². The molecule has 0 fully saturated rings. The van der Waals surface area contributed by atoms with Gasteiger partial charge in [0.25, 0.3) is 0 Å². The van der Waals surface area contributed by atoms with Crippen LogP contribution < -0.4 is 10.0 Å². The Hall–Kier alpha value is -0.430. The van der Waals surface area contributed by atoms with Gasteiger partial charge in [-0.2, -0.15) is 0 Å². The molecule has 0 radical (unpaired) electrons. The van der Waals surface area contributed by atoms with Crippen molar-refractivity contribution in [3.63, 3.8) is 0 Å². The molecule has 4 nitrogen and oxygen atoms in total. The topological polar surface area (TPSA) is 58.2 Å². The third-order valence-corrected chi connectivity index (χ3v) is 5.08. The molecule has 0 aliphatic heterocycles. The number of halogens is 1. The molecule has 114 valence electrons. The smallest absolute Gasteiger partial charge is 0.241 e. The Balaban J connectivity index is 2.87. The third kappa shape index (κ3) is 5.52. The van der Waals surface area contributed by atoms with Gasteiger partial charge in [-0.3, -0.25) is 0 Å². The number of rotatable bonds is 7. The van der Waals surface area contributed by atoms with Gasteiger partial charge in [0.15, 0.2) is 0 Å². The molecule has 0 unspecified atom stereocenters. The van der Waals surface area contributed by atoms with E-state index in [0.717, 1.165) is 12.1 Å². The summed E-state index contributed by atoms with van der Waals surface area (Å²) in [7, 11) is -3.45. The molecule has 0 saturated carbocycles. The highest BCUT2D eigenvalue weighted by atomic mass is 79.9. The summed E-state index contributed by atoms with van der Waals surface area (Å²) in [4.78, 5) is 0.284. The molecule has 0 saturated heterocycles. The molecule has 1 rings (SSSR count). The first-order chi connectivity index (χ1) is 9.22. The summed E-state index contributed by atoms with van der Waals surface area (Å²) in [5.41, 5.74) is 1.05. The van der Waals surface area contributed by atoms with Gasteiger partial charge < -0.3 is 5.32 Å². The van der Waals surface area contributed by atoms with E-state index in [-0.39, 0.29) is 10.8 Å². The highest BCUT2D eigenvalue weighted by Gasteiger charge is 2.17. The average Bonchev–Trinajstić information content (AvgIpc) is 2.34. The molecule has 20 heavy (non-hydrogen) atoms. The van der Waals surface area contributed by atoms with Crippen LogP contribution in [0.3, 0.4) is 0 Å². The van der Waals surface area contributed by atoms with Crippen molar-refractivity contribution in [1.29, 1.82) is 0 Å². The number of sulfonamides is 1. The molecule has 0 amide bonds. The summed E-state index contributed by atoms with van der Waals surface area (Å²) in [5.74, 6) is 0.276. The van der Waals surface area contributed by atoms with Gasteiger partial charge in [0.2, 0.25) is 10.0 Å². The molecule has 1 aromatic rings. The molecule has 0 bridgehead atoms. The van der Waals surface area contributed by atoms with Crippen molar-refractivity contribution < 1.29 is 8.42 Å². The zero-order chi connectivity index (χ0) is 15.3. The average molecular weight is 363 g/mol. The second kappa shape index (κ2) is 7.54. The van der Waals surface area contributed by atoms with Gasteiger partial charge >= 0.3 is 0 Å². The SMILES string of the molecule is CC(C)CNS(=O)(=O)c1ccc(CNC(C)C)cc1Br. The monoisotopic (exact) mass is 362 g/mol. The third-order valence-electron chi connectivity index (χ3n) is 2.68. The lowest BCUT2D eigenvalue weighted by Crippen LogP contribution is -2.28. The molecule has 0 heterocycles. The molecule has 1 aromatic carbocycles. The Bertz CT molecular complexity index is 542. The Morgan fingerprint density at radius 3 is 2.35 bits per heavy atom. The molecule has 0 aliphatic rings. The van der Waals surface area contributed by atoms with Gasteiger partial charge in [-0.25, -0.2) is 13.1 Å². The maximum Gasteiger partial charge on any atom is 0.241 e. The minimum absolute atomic E-state index is 0.276. The van der Waals surface area contributed by atoms with Crippen molar-refractivity contribution in [2.75, 3.05) is 6.54 Å². The lowest BCUT2D eigenvalue weighted by Gasteiger charge is -2.12. The van der Waals surface area contributed by atoms with Gasteiger partial charge in [0.05, 0.1) is 4.90 Å². The highest BCUT2D eigenvalue weighted by molar-refractivity contribution is 9.10. The Labute approximate surface area is 130 Å². The number of benzene rings is 1. The molecular formula is C14H23BrN2O2S. The molecular weight excluding hydrogens is 340 g/mol. The lowest BCUT2D eigenvalue weighted by molar-refractivity contribution is 0.559. The van der Waals surface area contributed by atoms with E-state index in [1.165, 1.54) is 0 Å². The Morgan fingerprint density at radius 1 is 1.20 bits per heavy atom. The Morgan fingerprint density at radius 2 is 1.85 bits per heavy atom. The maximum absolute atomic E-state index is 12.2. The van der Waals surface area contributed by atoms with Gasteiger partial charge in [-0.15, -0.1) is 0 Å². The fourth-order valence-corrected chi connectivity index (χ4v) is 3.88. The van der Waals surface area contributed by atoms with Gasteiger partial charge in [-0.1, -0.05) is 33.8 Å². The lowest BCUT2D eigenvalue weighted by atomic mass is 10.2. The molecule has 0 spiro atoms. The van der Waals surface area contributed by atoms with E-state index in [9.17, 15) is 8.42 Å². The van der Waals surface area contributed by atoms with Crippen LogP contribution in [0.15, 0.2) is 27.6 Å². The minimum atomic E-state index is -3.45. The fraction of sp³-hybridized carbons (Fsp3) is 0.571. The summed E-state index contributed by atoms with van der Waals surface area (Å²) in [6, 6.07) is 5.72. The van der Waals surface area contributed by atoms with E-state index in [1.54, 1.807) is 6.07 Å². The molecule has 0 aliphatic carbocycles. The number of hydrogen-bond acceptors (Lipinski definition) is 3. The maximum atomic E-state index is 12.2. The van der Waals surface area contributed by atoms with E-state index in [4.69, 9.17) is 0 Å². The zero-order valence-electron chi connectivity index (χ0n) is 12.4. The number of nitrogens with one attached hydrogen (secondary N) is 2. The van der Waals surface area contributed by atoms with Crippen LogP contribution in [0, 0.1) is 5.92 Å². The van der Waals surface area contributed by atoms with Crippen LogP contribution >= 0.6 is 15.9 Å². The summed E-state index contributed by atoms with van der Waals surface area (Å²) < 4.78 is 27.6. The first-order valence-corrected chi connectivity index (χ1v) is 9.01. The van der Waals surface area contributed by atoms with Crippen LogP contribution in [-0.4, -0.2) is 21.0 Å². The van der Waals surface area contributed by atoms with Crippen molar-refractivity contribution in [3.8, 4) is 0 Å². The van der Waals surface area contributed by atoms with Gasteiger partial charge in [0.1, 0.15) is 0 Å². The fourth-order valence-electron chi connectivity index (χ4n) is 1.55. The van der Waals surface area contributed by atoms with Crippen molar-refractivity contribution in [2.24, 2.45) is 5.92 Å². The second-order valence-electron chi connectivity index (χ2n) is 5.55. The van der Waals surface area contributed by atoms with Crippen molar-refractivity contribution in [2.45, 2.75) is 45.2 Å². The molecule has 6 heteroatoms. The normalized spacial score (nSPS) is 12.3. The summed E-state index contributed by atoms with van der Waals surface area (Å²) >= 11 is 3.35. The summed E-state index contributed by atoms with van der Waals surface area (Å²) in [6.45, 7) is 9.24. The van der Waals surface area contributed by atoms with E-state index < -0.39 is 10.0 Å². The first kappa shape index (κ1) is 17.6. The van der Waals surface area contributed by atoms with Crippen molar-refractivity contribution in [1.82, 2.24) is 10.0 Å². The highest BCUT2D eigenvalue weighted by Crippen LogP contribution is 2.23.